The first-order chi connectivity index (χ1) is 7.71. The second-order valence-electron chi connectivity index (χ2n) is 4.36. The van der Waals surface area contributed by atoms with Gasteiger partial charge in [0, 0.05) is 10.9 Å². The molecule has 0 heterocycles. The van der Waals surface area contributed by atoms with Crippen molar-refractivity contribution in [3.63, 3.8) is 0 Å². The zero-order valence-corrected chi connectivity index (χ0v) is 10.3. The van der Waals surface area contributed by atoms with Crippen LogP contribution < -0.4 is 0 Å². The summed E-state index contributed by atoms with van der Waals surface area (Å²) in [7, 11) is 0. The second kappa shape index (κ2) is 3.88. The fourth-order valence-electron chi connectivity index (χ4n) is 1.68. The molecule has 0 aromatic heterocycles. The highest BCUT2D eigenvalue weighted by atomic mass is 79.9. The van der Waals surface area contributed by atoms with Crippen LogP contribution in [0, 0.1) is 0 Å². The molecule has 2 rings (SSSR count). The molecule has 1 saturated carbocycles. The molecule has 1 aromatic carbocycles. The van der Waals surface area contributed by atoms with Gasteiger partial charge in [-0.15, -0.1) is 0 Å². The largest absolute Gasteiger partial charge is 0.507 e. The number of alkyl halides is 3. The van der Waals surface area contributed by atoms with Crippen molar-refractivity contribution in [1.29, 1.82) is 0 Å². The number of phenolic OH excluding ortho intramolecular Hbond substituents is 1. The van der Waals surface area contributed by atoms with E-state index in [9.17, 15) is 23.4 Å². The Hall–Kier alpha value is -0.750. The molecule has 1 fully saturated rings. The molecule has 6 heteroatoms. The van der Waals surface area contributed by atoms with E-state index in [1.807, 2.05) is 0 Å². The number of halogens is 4. The lowest BCUT2D eigenvalue weighted by Gasteiger charge is -2.15. The van der Waals surface area contributed by atoms with Crippen LogP contribution in [0.2, 0.25) is 0 Å². The number of aromatic hydroxyl groups is 1. The van der Waals surface area contributed by atoms with E-state index in [1.54, 1.807) is 0 Å². The minimum Gasteiger partial charge on any atom is -0.507 e. The van der Waals surface area contributed by atoms with E-state index in [0.717, 1.165) is 6.07 Å². The summed E-state index contributed by atoms with van der Waals surface area (Å²) < 4.78 is 38.1. The molecule has 17 heavy (non-hydrogen) atoms. The smallest absolute Gasteiger partial charge is 0.420 e. The van der Waals surface area contributed by atoms with Gasteiger partial charge in [-0.25, -0.2) is 0 Å². The van der Waals surface area contributed by atoms with Gasteiger partial charge in [0.25, 0.3) is 0 Å². The summed E-state index contributed by atoms with van der Waals surface area (Å²) in [5, 5.41) is 19.3. The lowest BCUT2D eigenvalue weighted by molar-refractivity contribution is -0.138. The van der Waals surface area contributed by atoms with E-state index < -0.39 is 23.1 Å². The monoisotopic (exact) mass is 310 g/mol. The SMILES string of the molecule is Oc1c(CC2(O)CC2)cc(Br)cc1C(F)(F)F. The Morgan fingerprint density at radius 1 is 1.29 bits per heavy atom. The van der Waals surface area contributed by atoms with E-state index in [2.05, 4.69) is 15.9 Å². The molecule has 0 aliphatic heterocycles. The molecule has 0 radical (unpaired) electrons. The molecule has 0 saturated heterocycles. The summed E-state index contributed by atoms with van der Waals surface area (Å²) in [5.74, 6) is -0.791. The summed E-state index contributed by atoms with van der Waals surface area (Å²) in [6.45, 7) is 0. The number of hydrogen-bond acceptors (Lipinski definition) is 2. The van der Waals surface area contributed by atoms with Crippen molar-refractivity contribution in [3.05, 3.63) is 27.7 Å². The third-order valence-electron chi connectivity index (χ3n) is 2.81. The van der Waals surface area contributed by atoms with Crippen LogP contribution in [0.5, 0.6) is 5.75 Å². The summed E-state index contributed by atoms with van der Waals surface area (Å²) >= 11 is 2.97. The normalized spacial score (nSPS) is 18.2. The Balaban J connectivity index is 2.42. The van der Waals surface area contributed by atoms with Gasteiger partial charge in [0.15, 0.2) is 0 Å². The van der Waals surface area contributed by atoms with Gasteiger partial charge in [-0.1, -0.05) is 15.9 Å². The number of aliphatic hydroxyl groups is 1. The lowest BCUT2D eigenvalue weighted by atomic mass is 10.0. The fourth-order valence-corrected chi connectivity index (χ4v) is 2.19. The average molecular weight is 311 g/mol. The van der Waals surface area contributed by atoms with Crippen molar-refractivity contribution in [2.45, 2.75) is 31.0 Å². The molecule has 0 bridgehead atoms. The van der Waals surface area contributed by atoms with E-state index in [1.165, 1.54) is 6.07 Å². The first kappa shape index (κ1) is 12.7. The summed E-state index contributed by atoms with van der Waals surface area (Å²) in [6, 6.07) is 2.23. The van der Waals surface area contributed by atoms with E-state index >= 15 is 0 Å². The van der Waals surface area contributed by atoms with Gasteiger partial charge in [-0.3, -0.25) is 0 Å². The fraction of sp³-hybridized carbons (Fsp3) is 0.455. The van der Waals surface area contributed by atoms with Crippen LogP contribution >= 0.6 is 15.9 Å². The Kier molecular flexibility index (Phi) is 2.90. The van der Waals surface area contributed by atoms with Crippen molar-refractivity contribution in [2.75, 3.05) is 0 Å². The van der Waals surface area contributed by atoms with Gasteiger partial charge in [0.1, 0.15) is 5.75 Å². The van der Waals surface area contributed by atoms with Crippen molar-refractivity contribution >= 4 is 15.9 Å². The van der Waals surface area contributed by atoms with Crippen LogP contribution in [-0.2, 0) is 12.6 Å². The third-order valence-corrected chi connectivity index (χ3v) is 3.26. The van der Waals surface area contributed by atoms with Gasteiger partial charge < -0.3 is 10.2 Å². The van der Waals surface area contributed by atoms with Gasteiger partial charge in [0.05, 0.1) is 11.2 Å². The molecular weight excluding hydrogens is 301 g/mol. The van der Waals surface area contributed by atoms with E-state index in [0.29, 0.717) is 12.8 Å². The standard InChI is InChI=1S/C11H10BrF3O2/c12-7-3-6(5-10(17)1-2-10)9(16)8(4-7)11(13,14)15/h3-4,16-17H,1-2,5H2. The molecule has 0 spiro atoms. The van der Waals surface area contributed by atoms with E-state index in [4.69, 9.17) is 0 Å². The highest BCUT2D eigenvalue weighted by Crippen LogP contribution is 2.44. The molecule has 2 nitrogen and oxygen atoms in total. The predicted octanol–water partition coefficient (Wildman–Crippen LogP) is 3.24. The zero-order chi connectivity index (χ0) is 12.8. The Labute approximate surface area is 104 Å². The minimum absolute atomic E-state index is 0.0430. The quantitative estimate of drug-likeness (QED) is 0.880. The first-order valence-electron chi connectivity index (χ1n) is 5.02. The summed E-state index contributed by atoms with van der Waals surface area (Å²) in [5.41, 5.74) is -1.90. The second-order valence-corrected chi connectivity index (χ2v) is 5.28. The lowest BCUT2D eigenvalue weighted by Crippen LogP contribution is -2.13. The maximum absolute atomic E-state index is 12.6. The van der Waals surface area contributed by atoms with Crippen LogP contribution in [0.3, 0.4) is 0 Å². The highest BCUT2D eigenvalue weighted by Gasteiger charge is 2.42. The molecule has 2 N–H and O–H groups in total. The van der Waals surface area contributed by atoms with Gasteiger partial charge in [-0.05, 0) is 30.5 Å². The predicted molar refractivity (Wildman–Crippen MR) is 58.7 cm³/mol. The summed E-state index contributed by atoms with van der Waals surface area (Å²) in [6.07, 6.45) is -3.45. The molecule has 1 aromatic rings. The van der Waals surface area contributed by atoms with E-state index in [-0.39, 0.29) is 16.5 Å². The third kappa shape index (κ3) is 2.74. The average Bonchev–Trinajstić information content (AvgIpc) is 2.87. The number of hydrogen-bond donors (Lipinski definition) is 2. The molecular formula is C11H10BrF3O2. The molecule has 1 aliphatic rings. The van der Waals surface area contributed by atoms with Crippen molar-refractivity contribution in [1.82, 2.24) is 0 Å². The topological polar surface area (TPSA) is 40.5 Å². The maximum atomic E-state index is 12.6. The first-order valence-corrected chi connectivity index (χ1v) is 5.82. The number of rotatable bonds is 2. The Morgan fingerprint density at radius 3 is 2.35 bits per heavy atom. The number of benzene rings is 1. The molecule has 1 aliphatic carbocycles. The summed E-state index contributed by atoms with van der Waals surface area (Å²) in [4.78, 5) is 0. The van der Waals surface area contributed by atoms with Crippen molar-refractivity contribution < 1.29 is 23.4 Å². The van der Waals surface area contributed by atoms with Crippen molar-refractivity contribution in [3.8, 4) is 5.75 Å². The minimum atomic E-state index is -4.60. The maximum Gasteiger partial charge on any atom is 0.420 e. The Bertz CT molecular complexity index is 453. The van der Waals surface area contributed by atoms with Crippen LogP contribution in [0.4, 0.5) is 13.2 Å². The van der Waals surface area contributed by atoms with Gasteiger partial charge in [0.2, 0.25) is 0 Å². The van der Waals surface area contributed by atoms with Crippen LogP contribution in [0.15, 0.2) is 16.6 Å². The van der Waals surface area contributed by atoms with Crippen LogP contribution in [0.25, 0.3) is 0 Å². The van der Waals surface area contributed by atoms with Crippen LogP contribution in [-0.4, -0.2) is 15.8 Å². The molecule has 0 unspecified atom stereocenters. The molecule has 0 atom stereocenters. The van der Waals surface area contributed by atoms with Gasteiger partial charge >= 0.3 is 6.18 Å². The van der Waals surface area contributed by atoms with Crippen LogP contribution in [0.1, 0.15) is 24.0 Å². The highest BCUT2D eigenvalue weighted by molar-refractivity contribution is 9.10. The Morgan fingerprint density at radius 2 is 1.88 bits per heavy atom. The number of phenols is 1. The zero-order valence-electron chi connectivity index (χ0n) is 8.68. The molecule has 0 amide bonds. The van der Waals surface area contributed by atoms with Gasteiger partial charge in [-0.2, -0.15) is 13.2 Å². The van der Waals surface area contributed by atoms with Crippen molar-refractivity contribution in [2.24, 2.45) is 0 Å². The molecule has 94 valence electrons.